The standard InChI is InChI=1S/C17H17FN4O3/c1-25-14-5-3-2-4-13(14)22-9-8-12(16(22)23)20-17(24)21-15-7-6-11(18)10-19-15/h2-7,10,12H,8-9H2,1H3,(H2,19,20,21,24)/t12-/m1/s1. The molecule has 0 radical (unpaired) electrons. The van der Waals surface area contributed by atoms with Crippen LogP contribution in [0.15, 0.2) is 42.6 Å². The molecule has 1 aromatic heterocycles. The summed E-state index contributed by atoms with van der Waals surface area (Å²) in [6.07, 6.45) is 1.47. The molecule has 1 atom stereocenters. The molecule has 0 bridgehead atoms. The zero-order valence-corrected chi connectivity index (χ0v) is 13.5. The number of para-hydroxylation sites is 2. The molecule has 1 aromatic carbocycles. The van der Waals surface area contributed by atoms with Crippen LogP contribution >= 0.6 is 0 Å². The maximum atomic E-state index is 12.8. The van der Waals surface area contributed by atoms with Crippen molar-refractivity contribution in [3.63, 3.8) is 0 Å². The lowest BCUT2D eigenvalue weighted by molar-refractivity contribution is -0.118. The number of amides is 3. The number of ether oxygens (including phenoxy) is 1. The third kappa shape index (κ3) is 3.68. The van der Waals surface area contributed by atoms with Gasteiger partial charge in [-0.25, -0.2) is 14.2 Å². The van der Waals surface area contributed by atoms with Crippen LogP contribution < -0.4 is 20.3 Å². The van der Waals surface area contributed by atoms with Gasteiger partial charge in [-0.15, -0.1) is 0 Å². The summed E-state index contributed by atoms with van der Waals surface area (Å²) in [4.78, 5) is 29.9. The van der Waals surface area contributed by atoms with Gasteiger partial charge in [0.2, 0.25) is 5.91 Å². The third-order valence-electron chi connectivity index (χ3n) is 3.86. The maximum Gasteiger partial charge on any atom is 0.321 e. The summed E-state index contributed by atoms with van der Waals surface area (Å²) in [5.74, 6) is 0.0819. The SMILES string of the molecule is COc1ccccc1N1CC[C@@H](NC(=O)Nc2ccc(F)cn2)C1=O. The predicted molar refractivity (Wildman–Crippen MR) is 90.1 cm³/mol. The number of nitrogens with zero attached hydrogens (tertiary/aromatic N) is 2. The smallest absolute Gasteiger partial charge is 0.321 e. The van der Waals surface area contributed by atoms with Crippen LogP contribution in [0.1, 0.15) is 6.42 Å². The maximum absolute atomic E-state index is 12.8. The van der Waals surface area contributed by atoms with Crippen LogP contribution in [-0.4, -0.2) is 36.6 Å². The molecular weight excluding hydrogens is 327 g/mol. The Morgan fingerprint density at radius 2 is 2.12 bits per heavy atom. The van der Waals surface area contributed by atoms with Gasteiger partial charge >= 0.3 is 6.03 Å². The molecule has 0 saturated carbocycles. The molecule has 25 heavy (non-hydrogen) atoms. The van der Waals surface area contributed by atoms with Crippen molar-refractivity contribution in [3.05, 3.63) is 48.4 Å². The van der Waals surface area contributed by atoms with Gasteiger partial charge in [-0.1, -0.05) is 12.1 Å². The Morgan fingerprint density at radius 3 is 2.84 bits per heavy atom. The molecule has 2 heterocycles. The van der Waals surface area contributed by atoms with E-state index < -0.39 is 17.9 Å². The van der Waals surface area contributed by atoms with E-state index in [0.29, 0.717) is 24.4 Å². The number of anilines is 2. The molecule has 130 valence electrons. The van der Waals surface area contributed by atoms with Crippen LogP contribution in [0.5, 0.6) is 5.75 Å². The summed E-state index contributed by atoms with van der Waals surface area (Å²) < 4.78 is 18.1. The van der Waals surface area contributed by atoms with Crippen molar-refractivity contribution in [3.8, 4) is 5.75 Å². The molecule has 0 aliphatic carbocycles. The number of urea groups is 1. The van der Waals surface area contributed by atoms with Crippen molar-refractivity contribution in [2.24, 2.45) is 0 Å². The number of aromatic nitrogens is 1. The fourth-order valence-corrected chi connectivity index (χ4v) is 2.67. The molecule has 1 aliphatic rings. The summed E-state index contributed by atoms with van der Waals surface area (Å²) in [6.45, 7) is 0.471. The van der Waals surface area contributed by atoms with Gasteiger partial charge in [0.25, 0.3) is 0 Å². The van der Waals surface area contributed by atoms with E-state index in [1.165, 1.54) is 19.2 Å². The number of hydrogen-bond donors (Lipinski definition) is 2. The van der Waals surface area contributed by atoms with Crippen molar-refractivity contribution in [2.45, 2.75) is 12.5 Å². The minimum atomic E-state index is -0.648. The lowest BCUT2D eigenvalue weighted by atomic mass is 10.2. The molecule has 3 amide bonds. The Kier molecular flexibility index (Phi) is 4.78. The van der Waals surface area contributed by atoms with Crippen LogP contribution in [0.2, 0.25) is 0 Å². The van der Waals surface area contributed by atoms with Gasteiger partial charge in [0.05, 0.1) is 19.0 Å². The zero-order valence-electron chi connectivity index (χ0n) is 13.5. The largest absolute Gasteiger partial charge is 0.495 e. The molecule has 1 aliphatic heterocycles. The van der Waals surface area contributed by atoms with Gasteiger partial charge in [0.1, 0.15) is 23.4 Å². The van der Waals surface area contributed by atoms with Crippen LogP contribution in [0.25, 0.3) is 0 Å². The first-order chi connectivity index (χ1) is 12.1. The summed E-state index contributed by atoms with van der Waals surface area (Å²) in [7, 11) is 1.54. The number of nitrogens with one attached hydrogen (secondary N) is 2. The van der Waals surface area contributed by atoms with E-state index in [9.17, 15) is 14.0 Å². The lowest BCUT2D eigenvalue weighted by Gasteiger charge is -2.19. The average molecular weight is 344 g/mol. The van der Waals surface area contributed by atoms with Crippen LogP contribution in [0.4, 0.5) is 20.7 Å². The van der Waals surface area contributed by atoms with Gasteiger partial charge in [-0.05, 0) is 30.7 Å². The summed E-state index contributed by atoms with van der Waals surface area (Å²) >= 11 is 0. The number of methoxy groups -OCH3 is 1. The quantitative estimate of drug-likeness (QED) is 0.890. The molecule has 0 spiro atoms. The molecule has 0 unspecified atom stereocenters. The number of carbonyl (C=O) groups is 2. The zero-order chi connectivity index (χ0) is 17.8. The highest BCUT2D eigenvalue weighted by molar-refractivity contribution is 6.03. The van der Waals surface area contributed by atoms with Crippen molar-refractivity contribution in [1.82, 2.24) is 10.3 Å². The molecule has 1 fully saturated rings. The highest BCUT2D eigenvalue weighted by atomic mass is 19.1. The first kappa shape index (κ1) is 16.7. The van der Waals surface area contributed by atoms with E-state index in [1.807, 2.05) is 12.1 Å². The Labute approximate surface area is 143 Å². The Morgan fingerprint density at radius 1 is 1.32 bits per heavy atom. The Bertz CT molecular complexity index is 782. The second kappa shape index (κ2) is 7.16. The van der Waals surface area contributed by atoms with Gasteiger partial charge in [-0.3, -0.25) is 10.1 Å². The molecule has 7 nitrogen and oxygen atoms in total. The van der Waals surface area contributed by atoms with Crippen LogP contribution in [-0.2, 0) is 4.79 Å². The highest BCUT2D eigenvalue weighted by Crippen LogP contribution is 2.30. The van der Waals surface area contributed by atoms with E-state index in [-0.39, 0.29) is 11.7 Å². The van der Waals surface area contributed by atoms with Crippen molar-refractivity contribution >= 4 is 23.4 Å². The van der Waals surface area contributed by atoms with Crippen LogP contribution in [0.3, 0.4) is 0 Å². The Balaban J connectivity index is 1.64. The predicted octanol–water partition coefficient (Wildman–Crippen LogP) is 2.16. The van der Waals surface area contributed by atoms with Gasteiger partial charge in [0.15, 0.2) is 0 Å². The first-order valence-corrected chi connectivity index (χ1v) is 7.72. The molecule has 1 saturated heterocycles. The van der Waals surface area contributed by atoms with Crippen molar-refractivity contribution < 1.29 is 18.7 Å². The number of pyridine rings is 1. The second-order valence-corrected chi connectivity index (χ2v) is 5.46. The van der Waals surface area contributed by atoms with Gasteiger partial charge in [0, 0.05) is 6.54 Å². The van der Waals surface area contributed by atoms with E-state index in [1.54, 1.807) is 17.0 Å². The normalized spacial score (nSPS) is 16.6. The molecule has 2 aromatic rings. The van der Waals surface area contributed by atoms with Crippen molar-refractivity contribution in [1.29, 1.82) is 0 Å². The van der Waals surface area contributed by atoms with E-state index >= 15 is 0 Å². The monoisotopic (exact) mass is 344 g/mol. The second-order valence-electron chi connectivity index (χ2n) is 5.46. The average Bonchev–Trinajstić information content (AvgIpc) is 2.97. The van der Waals surface area contributed by atoms with E-state index in [2.05, 4.69) is 15.6 Å². The number of carbonyl (C=O) groups excluding carboxylic acids is 2. The molecular formula is C17H17FN4O3. The lowest BCUT2D eigenvalue weighted by Crippen LogP contribution is -2.43. The fraction of sp³-hybridized carbons (Fsp3) is 0.235. The third-order valence-corrected chi connectivity index (χ3v) is 3.86. The first-order valence-electron chi connectivity index (χ1n) is 7.72. The summed E-state index contributed by atoms with van der Waals surface area (Å²) in [6, 6.07) is 8.52. The molecule has 2 N–H and O–H groups in total. The Hall–Kier alpha value is -3.16. The topological polar surface area (TPSA) is 83.6 Å². The fourth-order valence-electron chi connectivity index (χ4n) is 2.67. The van der Waals surface area contributed by atoms with E-state index in [0.717, 1.165) is 6.20 Å². The number of benzene rings is 1. The molecule has 3 rings (SSSR count). The van der Waals surface area contributed by atoms with E-state index in [4.69, 9.17) is 4.74 Å². The van der Waals surface area contributed by atoms with Crippen molar-refractivity contribution in [2.75, 3.05) is 23.9 Å². The van der Waals surface area contributed by atoms with Gasteiger partial charge < -0.3 is 15.0 Å². The minimum Gasteiger partial charge on any atom is -0.495 e. The van der Waals surface area contributed by atoms with Crippen LogP contribution in [0, 0.1) is 5.82 Å². The summed E-state index contributed by atoms with van der Waals surface area (Å²) in [5.41, 5.74) is 0.667. The molecule has 8 heteroatoms. The highest BCUT2D eigenvalue weighted by Gasteiger charge is 2.34. The van der Waals surface area contributed by atoms with Gasteiger partial charge in [-0.2, -0.15) is 0 Å². The number of hydrogen-bond acceptors (Lipinski definition) is 4. The number of halogens is 1. The summed E-state index contributed by atoms with van der Waals surface area (Å²) in [5, 5.41) is 5.08. The minimum absolute atomic E-state index is 0.200. The number of rotatable bonds is 4.